The van der Waals surface area contributed by atoms with E-state index >= 15 is 0 Å². The zero-order chi connectivity index (χ0) is 13.5. The molecule has 1 fully saturated rings. The van der Waals surface area contributed by atoms with Crippen molar-refractivity contribution in [3.63, 3.8) is 0 Å². The summed E-state index contributed by atoms with van der Waals surface area (Å²) in [4.78, 5) is 26.4. The molecule has 0 radical (unpaired) electrons. The fourth-order valence-corrected chi connectivity index (χ4v) is 1.95. The quantitative estimate of drug-likeness (QED) is 0.697. The number of nitrogens with zero attached hydrogens (tertiary/aromatic N) is 2. The third kappa shape index (κ3) is 5.01. The van der Waals surface area contributed by atoms with Crippen LogP contribution in [0.2, 0.25) is 0 Å². The van der Waals surface area contributed by atoms with Gasteiger partial charge in [0.15, 0.2) is 0 Å². The predicted molar refractivity (Wildman–Crippen MR) is 66.4 cm³/mol. The molecular formula is C12H22N2O4. The maximum absolute atomic E-state index is 12.0. The minimum atomic E-state index is -0.892. The Morgan fingerprint density at radius 1 is 1.56 bits per heavy atom. The Hall–Kier alpha value is -1.14. The van der Waals surface area contributed by atoms with Gasteiger partial charge < -0.3 is 19.6 Å². The van der Waals surface area contributed by atoms with E-state index in [1.54, 1.807) is 4.90 Å². The first-order valence-electron chi connectivity index (χ1n) is 6.27. The minimum Gasteiger partial charge on any atom is -0.481 e. The second-order valence-electron chi connectivity index (χ2n) is 4.77. The van der Waals surface area contributed by atoms with E-state index in [2.05, 4.69) is 4.90 Å². The van der Waals surface area contributed by atoms with E-state index < -0.39 is 12.1 Å². The maximum Gasteiger partial charge on any atom is 0.303 e. The van der Waals surface area contributed by atoms with Crippen LogP contribution in [-0.4, -0.2) is 73.2 Å². The van der Waals surface area contributed by atoms with Crippen molar-refractivity contribution in [2.45, 2.75) is 25.4 Å². The van der Waals surface area contributed by atoms with Crippen LogP contribution in [0.5, 0.6) is 0 Å². The molecule has 1 heterocycles. The fourth-order valence-electron chi connectivity index (χ4n) is 1.95. The molecule has 18 heavy (non-hydrogen) atoms. The molecule has 6 nitrogen and oxygen atoms in total. The molecule has 1 atom stereocenters. The third-order valence-corrected chi connectivity index (χ3v) is 2.92. The lowest BCUT2D eigenvalue weighted by molar-refractivity contribution is -0.154. The fraction of sp³-hybridized carbons (Fsp3) is 0.833. The SMILES string of the molecule is CN(C)CCCN1CCOC(CCC(=O)O)C1=O. The molecule has 0 bridgehead atoms. The van der Waals surface area contributed by atoms with E-state index in [0.717, 1.165) is 13.0 Å². The Morgan fingerprint density at radius 3 is 2.89 bits per heavy atom. The van der Waals surface area contributed by atoms with E-state index in [-0.39, 0.29) is 18.7 Å². The van der Waals surface area contributed by atoms with E-state index in [4.69, 9.17) is 9.84 Å². The Bertz CT molecular complexity index is 294. The standard InChI is InChI=1S/C12H22N2O4/c1-13(2)6-3-7-14-8-9-18-10(12(14)17)4-5-11(15)16/h10H,3-9H2,1-2H3,(H,15,16). The van der Waals surface area contributed by atoms with Gasteiger partial charge in [-0.15, -0.1) is 0 Å². The highest BCUT2D eigenvalue weighted by Gasteiger charge is 2.29. The molecule has 1 amide bonds. The highest BCUT2D eigenvalue weighted by Crippen LogP contribution is 2.12. The Labute approximate surface area is 107 Å². The largest absolute Gasteiger partial charge is 0.481 e. The summed E-state index contributed by atoms with van der Waals surface area (Å²) in [6.07, 6.45) is 0.583. The van der Waals surface area contributed by atoms with Gasteiger partial charge in [0.1, 0.15) is 6.10 Å². The minimum absolute atomic E-state index is 0.0258. The van der Waals surface area contributed by atoms with E-state index in [1.165, 1.54) is 0 Å². The number of ether oxygens (including phenoxy) is 1. The molecule has 0 spiro atoms. The molecule has 1 unspecified atom stereocenters. The normalized spacial score (nSPS) is 20.5. The van der Waals surface area contributed by atoms with Crippen LogP contribution in [0.3, 0.4) is 0 Å². The van der Waals surface area contributed by atoms with Crippen LogP contribution in [0.1, 0.15) is 19.3 Å². The molecule has 104 valence electrons. The van der Waals surface area contributed by atoms with Gasteiger partial charge >= 0.3 is 5.97 Å². The van der Waals surface area contributed by atoms with E-state index in [9.17, 15) is 9.59 Å². The first-order chi connectivity index (χ1) is 8.50. The smallest absolute Gasteiger partial charge is 0.303 e. The first kappa shape index (κ1) is 14.9. The monoisotopic (exact) mass is 258 g/mol. The molecule has 1 saturated heterocycles. The van der Waals surface area contributed by atoms with Gasteiger partial charge in [-0.05, 0) is 33.5 Å². The highest BCUT2D eigenvalue weighted by molar-refractivity contribution is 5.82. The summed E-state index contributed by atoms with van der Waals surface area (Å²) < 4.78 is 5.33. The number of carbonyl (C=O) groups excluding carboxylic acids is 1. The lowest BCUT2D eigenvalue weighted by atomic mass is 10.1. The maximum atomic E-state index is 12.0. The van der Waals surface area contributed by atoms with Gasteiger partial charge in [0.2, 0.25) is 0 Å². The van der Waals surface area contributed by atoms with Gasteiger partial charge in [-0.25, -0.2) is 0 Å². The van der Waals surface area contributed by atoms with Crippen molar-refractivity contribution in [3.05, 3.63) is 0 Å². The van der Waals surface area contributed by atoms with Crippen LogP contribution < -0.4 is 0 Å². The van der Waals surface area contributed by atoms with Crippen LogP contribution in [0, 0.1) is 0 Å². The van der Waals surface area contributed by atoms with Gasteiger partial charge in [0.05, 0.1) is 6.61 Å². The Balaban J connectivity index is 2.35. The first-order valence-corrected chi connectivity index (χ1v) is 6.27. The molecule has 0 aliphatic carbocycles. The summed E-state index contributed by atoms with van der Waals surface area (Å²) >= 11 is 0. The second-order valence-corrected chi connectivity index (χ2v) is 4.77. The van der Waals surface area contributed by atoms with E-state index in [0.29, 0.717) is 19.7 Å². The highest BCUT2D eigenvalue weighted by atomic mass is 16.5. The summed E-state index contributed by atoms with van der Waals surface area (Å²) in [5.41, 5.74) is 0. The van der Waals surface area contributed by atoms with Gasteiger partial charge in [0, 0.05) is 19.5 Å². The molecule has 0 aromatic heterocycles. The number of carbonyl (C=O) groups is 2. The number of carboxylic acids is 1. The summed E-state index contributed by atoms with van der Waals surface area (Å²) in [6.45, 7) is 2.75. The lowest BCUT2D eigenvalue weighted by Crippen LogP contribution is -2.48. The summed E-state index contributed by atoms with van der Waals surface area (Å²) in [5.74, 6) is -0.961. The van der Waals surface area contributed by atoms with Crippen molar-refractivity contribution < 1.29 is 19.4 Å². The van der Waals surface area contributed by atoms with Crippen molar-refractivity contribution in [3.8, 4) is 0 Å². The number of hydrogen-bond donors (Lipinski definition) is 1. The number of amides is 1. The van der Waals surface area contributed by atoms with Gasteiger partial charge in [-0.1, -0.05) is 0 Å². The zero-order valence-corrected chi connectivity index (χ0v) is 11.1. The average Bonchev–Trinajstić information content (AvgIpc) is 2.29. The predicted octanol–water partition coefficient (Wildman–Crippen LogP) is 0.0303. The van der Waals surface area contributed by atoms with Crippen molar-refractivity contribution in [2.24, 2.45) is 0 Å². The topological polar surface area (TPSA) is 70.1 Å². The number of aliphatic carboxylic acids is 1. The van der Waals surface area contributed by atoms with Gasteiger partial charge in [-0.3, -0.25) is 9.59 Å². The molecule has 0 aromatic carbocycles. The van der Waals surface area contributed by atoms with E-state index in [1.807, 2.05) is 14.1 Å². The molecule has 0 saturated carbocycles. The van der Waals surface area contributed by atoms with Crippen molar-refractivity contribution >= 4 is 11.9 Å². The number of carboxylic acid groups (broad SMARTS) is 1. The van der Waals surface area contributed by atoms with Crippen LogP contribution in [-0.2, 0) is 14.3 Å². The van der Waals surface area contributed by atoms with Gasteiger partial charge in [0.25, 0.3) is 5.91 Å². The van der Waals surface area contributed by atoms with Crippen molar-refractivity contribution in [2.75, 3.05) is 40.3 Å². The lowest BCUT2D eigenvalue weighted by Gasteiger charge is -2.32. The number of hydrogen-bond acceptors (Lipinski definition) is 4. The molecule has 1 rings (SSSR count). The van der Waals surface area contributed by atoms with Crippen LogP contribution in [0.25, 0.3) is 0 Å². The molecule has 0 aromatic rings. The molecule has 1 aliphatic heterocycles. The van der Waals surface area contributed by atoms with Crippen molar-refractivity contribution in [1.82, 2.24) is 9.80 Å². The molecule has 6 heteroatoms. The van der Waals surface area contributed by atoms with Gasteiger partial charge in [-0.2, -0.15) is 0 Å². The zero-order valence-electron chi connectivity index (χ0n) is 11.1. The molecule has 1 N–H and O–H groups in total. The summed E-state index contributed by atoms with van der Waals surface area (Å²) in [5, 5.41) is 8.61. The van der Waals surface area contributed by atoms with Crippen LogP contribution in [0.4, 0.5) is 0 Å². The summed E-state index contributed by atoms with van der Waals surface area (Å²) in [7, 11) is 3.99. The Morgan fingerprint density at radius 2 is 2.28 bits per heavy atom. The Kier molecular flexibility index (Phi) is 6.07. The third-order valence-electron chi connectivity index (χ3n) is 2.92. The number of morpholine rings is 1. The molecular weight excluding hydrogens is 236 g/mol. The van der Waals surface area contributed by atoms with Crippen LogP contribution in [0.15, 0.2) is 0 Å². The van der Waals surface area contributed by atoms with Crippen LogP contribution >= 0.6 is 0 Å². The second kappa shape index (κ2) is 7.33. The van der Waals surface area contributed by atoms with Crippen molar-refractivity contribution in [1.29, 1.82) is 0 Å². The average molecular weight is 258 g/mol. The molecule has 1 aliphatic rings. The summed E-state index contributed by atoms with van der Waals surface area (Å²) in [6, 6.07) is 0. The number of rotatable bonds is 7.